The lowest BCUT2D eigenvalue weighted by Crippen LogP contribution is -2.21. The van der Waals surface area contributed by atoms with Crippen molar-refractivity contribution in [2.24, 2.45) is 10.7 Å². The zero-order chi connectivity index (χ0) is 19.7. The van der Waals surface area contributed by atoms with E-state index in [9.17, 15) is 10.4 Å². The average molecular weight is 436 g/mol. The van der Waals surface area contributed by atoms with Crippen LogP contribution in [0.2, 0.25) is 0 Å². The molecule has 1 atom stereocenters. The number of aromatic hydroxyl groups is 1. The number of benzene rings is 2. The molecule has 2 heterocycles. The number of nitrogens with zero attached hydrogens (tertiary/aromatic N) is 2. The SMILES string of the molecule is N#CC1=C(N)Oc2ccc(C=Nc3ccc(Br)cc3)c(O)c2[C@@H]1c1ccco1. The second kappa shape index (κ2) is 7.25. The number of furan rings is 1. The van der Waals surface area contributed by atoms with Crippen LogP contribution in [0.4, 0.5) is 5.69 Å². The first-order valence-corrected chi connectivity index (χ1v) is 9.14. The molecule has 0 unspecified atom stereocenters. The molecule has 0 saturated carbocycles. The largest absolute Gasteiger partial charge is 0.507 e. The lowest BCUT2D eigenvalue weighted by molar-refractivity contribution is 0.372. The number of hydrogen-bond donors (Lipinski definition) is 2. The Balaban J connectivity index is 1.81. The molecule has 1 aliphatic heterocycles. The third kappa shape index (κ3) is 3.15. The summed E-state index contributed by atoms with van der Waals surface area (Å²) in [6.45, 7) is 0. The summed E-state index contributed by atoms with van der Waals surface area (Å²) >= 11 is 3.38. The van der Waals surface area contributed by atoms with Gasteiger partial charge in [-0.25, -0.2) is 0 Å². The van der Waals surface area contributed by atoms with Crippen molar-refractivity contribution >= 4 is 27.8 Å². The second-order valence-corrected chi connectivity index (χ2v) is 7.01. The lowest BCUT2D eigenvalue weighted by atomic mass is 9.85. The molecule has 0 aliphatic carbocycles. The van der Waals surface area contributed by atoms with Crippen LogP contribution in [0.1, 0.15) is 22.8 Å². The van der Waals surface area contributed by atoms with E-state index in [1.165, 1.54) is 6.26 Å². The zero-order valence-electron chi connectivity index (χ0n) is 14.5. The van der Waals surface area contributed by atoms with E-state index in [1.54, 1.807) is 30.5 Å². The van der Waals surface area contributed by atoms with E-state index >= 15 is 0 Å². The molecule has 3 aromatic rings. The van der Waals surface area contributed by atoms with Gasteiger partial charge in [0.2, 0.25) is 5.88 Å². The molecule has 1 aliphatic rings. The molecule has 0 saturated heterocycles. The Morgan fingerprint density at radius 1 is 1.18 bits per heavy atom. The van der Waals surface area contributed by atoms with Crippen molar-refractivity contribution in [3.63, 3.8) is 0 Å². The summed E-state index contributed by atoms with van der Waals surface area (Å²) in [7, 11) is 0. The molecule has 28 heavy (non-hydrogen) atoms. The molecule has 0 fully saturated rings. The normalized spacial score (nSPS) is 15.9. The van der Waals surface area contributed by atoms with Gasteiger partial charge in [-0.1, -0.05) is 15.9 Å². The number of fused-ring (bicyclic) bond motifs is 1. The second-order valence-electron chi connectivity index (χ2n) is 6.09. The number of rotatable bonds is 3. The molecule has 138 valence electrons. The Labute approximate surface area is 169 Å². The van der Waals surface area contributed by atoms with Gasteiger partial charge >= 0.3 is 0 Å². The van der Waals surface area contributed by atoms with Gasteiger partial charge in [0, 0.05) is 16.3 Å². The predicted molar refractivity (Wildman–Crippen MR) is 108 cm³/mol. The van der Waals surface area contributed by atoms with Crippen molar-refractivity contribution in [1.29, 1.82) is 5.26 Å². The standard InChI is InChI=1S/C21H14BrN3O3/c22-13-4-6-14(7-5-13)25-11-12-3-8-17-19(20(12)26)18(16-2-1-9-27-16)15(10-23)21(24)28-17/h1-9,11,18,26H,24H2/t18-/m0/s1. The van der Waals surface area contributed by atoms with E-state index in [0.717, 1.165) is 10.2 Å². The first kappa shape index (κ1) is 17.9. The smallest absolute Gasteiger partial charge is 0.205 e. The van der Waals surface area contributed by atoms with Crippen molar-refractivity contribution in [2.75, 3.05) is 0 Å². The van der Waals surface area contributed by atoms with E-state index in [0.29, 0.717) is 22.6 Å². The number of aliphatic imine (C=N–C) groups is 1. The van der Waals surface area contributed by atoms with Crippen LogP contribution in [-0.2, 0) is 0 Å². The fourth-order valence-electron chi connectivity index (χ4n) is 3.07. The molecule has 0 amide bonds. The van der Waals surface area contributed by atoms with Gasteiger partial charge in [-0.2, -0.15) is 5.26 Å². The molecule has 1 aromatic heterocycles. The highest BCUT2D eigenvalue weighted by molar-refractivity contribution is 9.10. The minimum Gasteiger partial charge on any atom is -0.507 e. The first-order valence-electron chi connectivity index (χ1n) is 8.35. The molecular formula is C21H14BrN3O3. The third-order valence-electron chi connectivity index (χ3n) is 4.40. The predicted octanol–water partition coefficient (Wildman–Crippen LogP) is 4.72. The summed E-state index contributed by atoms with van der Waals surface area (Å²) in [5, 5.41) is 20.5. The van der Waals surface area contributed by atoms with Crippen LogP contribution in [0.15, 0.2) is 80.1 Å². The Morgan fingerprint density at radius 2 is 1.96 bits per heavy atom. The summed E-state index contributed by atoms with van der Waals surface area (Å²) in [6, 6.07) is 16.3. The maximum absolute atomic E-state index is 10.9. The highest BCUT2D eigenvalue weighted by Gasteiger charge is 2.35. The molecule has 7 heteroatoms. The van der Waals surface area contributed by atoms with Gasteiger partial charge in [-0.05, 0) is 48.5 Å². The number of phenols is 1. The maximum atomic E-state index is 10.9. The van der Waals surface area contributed by atoms with E-state index in [4.69, 9.17) is 14.9 Å². The molecule has 0 spiro atoms. The van der Waals surface area contributed by atoms with E-state index in [1.807, 2.05) is 24.3 Å². The summed E-state index contributed by atoms with van der Waals surface area (Å²) in [5.41, 5.74) is 7.74. The maximum Gasteiger partial charge on any atom is 0.205 e. The highest BCUT2D eigenvalue weighted by Crippen LogP contribution is 2.47. The Bertz CT molecular complexity index is 1130. The van der Waals surface area contributed by atoms with Gasteiger partial charge in [0.05, 0.1) is 23.4 Å². The molecule has 6 nitrogen and oxygen atoms in total. The van der Waals surface area contributed by atoms with E-state index < -0.39 is 5.92 Å². The van der Waals surface area contributed by atoms with Crippen LogP contribution < -0.4 is 10.5 Å². The summed E-state index contributed by atoms with van der Waals surface area (Å²) in [5.74, 6) is 0.148. The Hall–Kier alpha value is -3.50. The van der Waals surface area contributed by atoms with Crippen LogP contribution in [0, 0.1) is 11.3 Å². The lowest BCUT2D eigenvalue weighted by Gasteiger charge is -2.26. The molecule has 0 radical (unpaired) electrons. The summed E-state index contributed by atoms with van der Waals surface area (Å²) in [4.78, 5) is 4.40. The van der Waals surface area contributed by atoms with Crippen LogP contribution in [0.25, 0.3) is 0 Å². The van der Waals surface area contributed by atoms with Gasteiger partial charge in [0.15, 0.2) is 0 Å². The number of allylic oxidation sites excluding steroid dienone is 1. The highest BCUT2D eigenvalue weighted by atomic mass is 79.9. The van der Waals surface area contributed by atoms with Crippen molar-refractivity contribution < 1.29 is 14.3 Å². The number of halogens is 1. The van der Waals surface area contributed by atoms with E-state index in [2.05, 4.69) is 27.0 Å². The third-order valence-corrected chi connectivity index (χ3v) is 4.93. The van der Waals surface area contributed by atoms with Gasteiger partial charge < -0.3 is 20.0 Å². The molecule has 4 rings (SSSR count). The fourth-order valence-corrected chi connectivity index (χ4v) is 3.33. The minimum atomic E-state index is -0.662. The van der Waals surface area contributed by atoms with Crippen molar-refractivity contribution in [3.8, 4) is 17.6 Å². The molecular weight excluding hydrogens is 422 g/mol. The van der Waals surface area contributed by atoms with Crippen molar-refractivity contribution in [3.05, 3.63) is 87.6 Å². The summed E-state index contributed by atoms with van der Waals surface area (Å²) < 4.78 is 12.0. The number of nitrogens with two attached hydrogens (primary N) is 1. The van der Waals surface area contributed by atoms with Crippen molar-refractivity contribution in [1.82, 2.24) is 0 Å². The number of ether oxygens (including phenoxy) is 1. The van der Waals surface area contributed by atoms with E-state index in [-0.39, 0.29) is 17.2 Å². The monoisotopic (exact) mass is 435 g/mol. The molecule has 3 N–H and O–H groups in total. The van der Waals surface area contributed by atoms with Crippen LogP contribution >= 0.6 is 15.9 Å². The molecule has 2 aromatic carbocycles. The first-order chi connectivity index (χ1) is 13.6. The van der Waals surface area contributed by atoms with Crippen LogP contribution in [-0.4, -0.2) is 11.3 Å². The molecule has 0 bridgehead atoms. The van der Waals surface area contributed by atoms with Crippen LogP contribution in [0.5, 0.6) is 11.5 Å². The van der Waals surface area contributed by atoms with Gasteiger partial charge in [-0.15, -0.1) is 0 Å². The summed E-state index contributed by atoms with van der Waals surface area (Å²) in [6.07, 6.45) is 3.07. The number of nitriles is 1. The number of hydrogen-bond acceptors (Lipinski definition) is 6. The Morgan fingerprint density at radius 3 is 2.64 bits per heavy atom. The zero-order valence-corrected chi connectivity index (χ0v) is 16.1. The van der Waals surface area contributed by atoms with Gasteiger partial charge in [-0.3, -0.25) is 4.99 Å². The average Bonchev–Trinajstić information content (AvgIpc) is 3.22. The minimum absolute atomic E-state index is 0.00733. The topological polar surface area (TPSA) is 105 Å². The van der Waals surface area contributed by atoms with Crippen LogP contribution in [0.3, 0.4) is 0 Å². The number of phenolic OH excluding ortho intramolecular Hbond substituents is 1. The fraction of sp³-hybridized carbons (Fsp3) is 0.0476. The quantitative estimate of drug-likeness (QED) is 0.579. The Kier molecular flexibility index (Phi) is 4.63. The van der Waals surface area contributed by atoms with Gasteiger partial charge in [0.25, 0.3) is 0 Å². The van der Waals surface area contributed by atoms with Gasteiger partial charge in [0.1, 0.15) is 28.9 Å². The van der Waals surface area contributed by atoms with Crippen molar-refractivity contribution in [2.45, 2.75) is 5.92 Å².